The molecule has 0 aromatic heterocycles. The molecule has 1 aromatic rings. The van der Waals surface area contributed by atoms with Crippen LogP contribution in [0.5, 0.6) is 0 Å². The molecular formula is C12H12BrNO2S. The molecule has 1 unspecified atom stereocenters. The van der Waals surface area contributed by atoms with Crippen LogP contribution in [0.3, 0.4) is 0 Å². The lowest BCUT2D eigenvalue weighted by molar-refractivity contribution is -0.138. The van der Waals surface area contributed by atoms with Gasteiger partial charge in [0.15, 0.2) is 0 Å². The number of thioether (sulfide) groups is 1. The van der Waals surface area contributed by atoms with Crippen molar-refractivity contribution >= 4 is 33.7 Å². The van der Waals surface area contributed by atoms with Crippen molar-refractivity contribution in [2.24, 2.45) is 0 Å². The second-order valence-electron chi connectivity index (χ2n) is 3.47. The lowest BCUT2D eigenvalue weighted by Crippen LogP contribution is -2.20. The zero-order valence-corrected chi connectivity index (χ0v) is 11.7. The zero-order chi connectivity index (χ0) is 12.3. The van der Waals surface area contributed by atoms with E-state index in [2.05, 4.69) is 21.2 Å². The average molecular weight is 314 g/mol. The first-order valence-corrected chi connectivity index (χ1v) is 6.99. The molecule has 0 radical (unpaired) electrons. The Morgan fingerprint density at radius 1 is 1.59 bits per heavy atom. The third-order valence-electron chi connectivity index (χ3n) is 2.26. The van der Waals surface area contributed by atoms with Crippen LogP contribution in [0.2, 0.25) is 0 Å². The quantitative estimate of drug-likeness (QED) is 0.870. The fourth-order valence-corrected chi connectivity index (χ4v) is 2.84. The van der Waals surface area contributed by atoms with Crippen molar-refractivity contribution in [2.75, 3.05) is 6.61 Å². The van der Waals surface area contributed by atoms with Gasteiger partial charge in [0.05, 0.1) is 6.61 Å². The van der Waals surface area contributed by atoms with E-state index in [1.807, 2.05) is 29.7 Å². The molecule has 1 aliphatic heterocycles. The molecule has 0 fully saturated rings. The van der Waals surface area contributed by atoms with E-state index in [4.69, 9.17) is 4.74 Å². The number of hydrogen-bond donors (Lipinski definition) is 1. The van der Waals surface area contributed by atoms with Crippen molar-refractivity contribution < 1.29 is 9.53 Å². The molecule has 17 heavy (non-hydrogen) atoms. The van der Waals surface area contributed by atoms with E-state index in [1.54, 1.807) is 18.7 Å². The summed E-state index contributed by atoms with van der Waals surface area (Å²) in [4.78, 5) is 11.5. The van der Waals surface area contributed by atoms with Crippen LogP contribution in [0.4, 0.5) is 0 Å². The van der Waals surface area contributed by atoms with Gasteiger partial charge in [-0.15, -0.1) is 11.8 Å². The normalized spacial score (nSPS) is 18.5. The predicted octanol–water partition coefficient (Wildman–Crippen LogP) is 3.19. The molecule has 1 N–H and O–H groups in total. The molecule has 3 nitrogen and oxygen atoms in total. The molecule has 90 valence electrons. The first-order valence-electron chi connectivity index (χ1n) is 5.25. The van der Waals surface area contributed by atoms with Crippen molar-refractivity contribution in [1.29, 1.82) is 0 Å². The molecule has 0 saturated carbocycles. The molecule has 0 bridgehead atoms. The van der Waals surface area contributed by atoms with Crippen LogP contribution in [0.1, 0.15) is 17.9 Å². The van der Waals surface area contributed by atoms with Crippen molar-refractivity contribution in [3.63, 3.8) is 0 Å². The van der Waals surface area contributed by atoms with E-state index in [0.717, 1.165) is 10.0 Å². The monoisotopic (exact) mass is 313 g/mol. The second-order valence-corrected chi connectivity index (χ2v) is 5.36. The summed E-state index contributed by atoms with van der Waals surface area (Å²) < 4.78 is 5.97. The first kappa shape index (κ1) is 12.5. The van der Waals surface area contributed by atoms with E-state index in [0.29, 0.717) is 12.3 Å². The number of hydrogen-bond acceptors (Lipinski definition) is 4. The summed E-state index contributed by atoms with van der Waals surface area (Å²) in [6.45, 7) is 2.19. The van der Waals surface area contributed by atoms with Gasteiger partial charge in [0, 0.05) is 9.88 Å². The molecule has 0 aliphatic carbocycles. The predicted molar refractivity (Wildman–Crippen MR) is 72.3 cm³/mol. The van der Waals surface area contributed by atoms with Gasteiger partial charge in [0.2, 0.25) is 0 Å². The van der Waals surface area contributed by atoms with Gasteiger partial charge < -0.3 is 10.1 Å². The highest BCUT2D eigenvalue weighted by Gasteiger charge is 2.23. The molecule has 0 spiro atoms. The number of halogens is 1. The van der Waals surface area contributed by atoms with Crippen molar-refractivity contribution in [3.8, 4) is 0 Å². The minimum Gasteiger partial charge on any atom is -0.461 e. The SMILES string of the molecule is CCOC(=O)C1=CSC(c2cccc(Br)c2)N1. The standard InChI is InChI=1S/C12H12BrNO2S/c1-2-16-12(15)10-7-17-11(14-10)8-4-3-5-9(13)6-8/h3-7,11,14H,2H2,1H3. The molecular weight excluding hydrogens is 302 g/mol. The number of rotatable bonds is 3. The summed E-state index contributed by atoms with van der Waals surface area (Å²) in [7, 11) is 0. The minimum absolute atomic E-state index is 0.0758. The maximum Gasteiger partial charge on any atom is 0.354 e. The van der Waals surface area contributed by atoms with Gasteiger partial charge >= 0.3 is 5.97 Å². The van der Waals surface area contributed by atoms with Gasteiger partial charge in [-0.1, -0.05) is 28.1 Å². The lowest BCUT2D eigenvalue weighted by Gasteiger charge is -2.12. The summed E-state index contributed by atoms with van der Waals surface area (Å²) in [5, 5.41) is 5.03. The third kappa shape index (κ3) is 3.04. The van der Waals surface area contributed by atoms with E-state index in [-0.39, 0.29) is 11.3 Å². The maximum absolute atomic E-state index is 11.5. The Hall–Kier alpha value is -0.940. The number of esters is 1. The molecule has 1 atom stereocenters. The second kappa shape index (κ2) is 5.60. The van der Waals surface area contributed by atoms with Gasteiger partial charge in [-0.25, -0.2) is 4.79 Å². The zero-order valence-electron chi connectivity index (χ0n) is 9.27. The highest BCUT2D eigenvalue weighted by Crippen LogP contribution is 2.35. The fourth-order valence-electron chi connectivity index (χ4n) is 1.49. The number of carbonyl (C=O) groups is 1. The Kier molecular flexibility index (Phi) is 4.12. The fraction of sp³-hybridized carbons (Fsp3) is 0.250. The molecule has 1 heterocycles. The Morgan fingerprint density at radius 3 is 3.12 bits per heavy atom. The van der Waals surface area contributed by atoms with Crippen LogP contribution in [0.15, 0.2) is 39.8 Å². The molecule has 0 saturated heterocycles. The van der Waals surface area contributed by atoms with Crippen molar-refractivity contribution in [3.05, 3.63) is 45.4 Å². The van der Waals surface area contributed by atoms with Gasteiger partial charge in [0.25, 0.3) is 0 Å². The van der Waals surface area contributed by atoms with E-state index >= 15 is 0 Å². The summed E-state index contributed by atoms with van der Waals surface area (Å²) >= 11 is 5.00. The van der Waals surface area contributed by atoms with Crippen molar-refractivity contribution in [2.45, 2.75) is 12.3 Å². The third-order valence-corrected chi connectivity index (χ3v) is 3.78. The van der Waals surface area contributed by atoms with Gasteiger partial charge in [-0.3, -0.25) is 0 Å². The Labute approximate surface area is 113 Å². The number of carbonyl (C=O) groups excluding carboxylic acids is 1. The van der Waals surface area contributed by atoms with Gasteiger partial charge in [-0.2, -0.15) is 0 Å². The molecule has 1 aromatic carbocycles. The van der Waals surface area contributed by atoms with Gasteiger partial charge in [0.1, 0.15) is 11.1 Å². The van der Waals surface area contributed by atoms with Crippen LogP contribution in [-0.2, 0) is 9.53 Å². The average Bonchev–Trinajstić information content (AvgIpc) is 2.78. The van der Waals surface area contributed by atoms with E-state index in [9.17, 15) is 4.79 Å². The van der Waals surface area contributed by atoms with Crippen LogP contribution in [0.25, 0.3) is 0 Å². The molecule has 0 amide bonds. The Morgan fingerprint density at radius 2 is 2.41 bits per heavy atom. The molecule has 5 heteroatoms. The minimum atomic E-state index is -0.294. The van der Waals surface area contributed by atoms with Crippen LogP contribution in [-0.4, -0.2) is 12.6 Å². The van der Waals surface area contributed by atoms with Crippen LogP contribution < -0.4 is 5.32 Å². The van der Waals surface area contributed by atoms with E-state index < -0.39 is 0 Å². The highest BCUT2D eigenvalue weighted by molar-refractivity contribution is 9.10. The number of nitrogens with one attached hydrogen (secondary N) is 1. The van der Waals surface area contributed by atoms with Gasteiger partial charge in [-0.05, 0) is 24.6 Å². The number of ether oxygens (including phenoxy) is 1. The van der Waals surface area contributed by atoms with Crippen LogP contribution in [0, 0.1) is 0 Å². The maximum atomic E-state index is 11.5. The summed E-state index contributed by atoms with van der Waals surface area (Å²) in [5.74, 6) is -0.294. The van der Waals surface area contributed by atoms with E-state index in [1.165, 1.54) is 0 Å². The summed E-state index contributed by atoms with van der Waals surface area (Å²) in [5.41, 5.74) is 1.65. The topological polar surface area (TPSA) is 38.3 Å². The first-order chi connectivity index (χ1) is 8.20. The lowest BCUT2D eigenvalue weighted by atomic mass is 10.2. The summed E-state index contributed by atoms with van der Waals surface area (Å²) in [6.07, 6.45) is 0. The Bertz CT molecular complexity index is 462. The number of benzene rings is 1. The Balaban J connectivity index is 2.03. The molecule has 2 rings (SSSR count). The summed E-state index contributed by atoms with van der Waals surface area (Å²) in [6, 6.07) is 8.01. The highest BCUT2D eigenvalue weighted by atomic mass is 79.9. The largest absolute Gasteiger partial charge is 0.461 e. The van der Waals surface area contributed by atoms with Crippen molar-refractivity contribution in [1.82, 2.24) is 5.32 Å². The smallest absolute Gasteiger partial charge is 0.354 e. The van der Waals surface area contributed by atoms with Crippen LogP contribution >= 0.6 is 27.7 Å². The molecule has 1 aliphatic rings.